The highest BCUT2D eigenvalue weighted by atomic mass is 16.5. The molecule has 0 amide bonds. The molecular weight excluding hydrogens is 294 g/mol. The number of aliphatic carboxylic acids is 1. The van der Waals surface area contributed by atoms with Gasteiger partial charge >= 0.3 is 0 Å². The molecule has 0 aliphatic rings. The second kappa shape index (κ2) is 8.19. The third-order valence-corrected chi connectivity index (χ3v) is 3.39. The Balaban J connectivity index is 2.14. The molecule has 5 heteroatoms. The number of carbonyl (C=O) groups excluding carboxylic acids is 1. The van der Waals surface area contributed by atoms with Gasteiger partial charge in [-0.05, 0) is 30.7 Å². The Morgan fingerprint density at radius 2 is 1.87 bits per heavy atom. The van der Waals surface area contributed by atoms with Crippen molar-refractivity contribution in [2.24, 2.45) is 0 Å². The van der Waals surface area contributed by atoms with Crippen molar-refractivity contribution in [3.8, 4) is 11.5 Å². The highest BCUT2D eigenvalue weighted by Crippen LogP contribution is 2.31. The first-order valence-electron chi connectivity index (χ1n) is 7.56. The predicted octanol–water partition coefficient (Wildman–Crippen LogP) is 1.09. The van der Waals surface area contributed by atoms with Gasteiger partial charge in [-0.1, -0.05) is 30.3 Å². The number of quaternary nitrogens is 1. The molecule has 2 aromatic carbocycles. The summed E-state index contributed by atoms with van der Waals surface area (Å²) in [5, 5.41) is 10.7. The molecule has 122 valence electrons. The maximum absolute atomic E-state index is 10.7. The van der Waals surface area contributed by atoms with E-state index in [0.717, 1.165) is 11.1 Å². The van der Waals surface area contributed by atoms with Crippen LogP contribution in [-0.2, 0) is 11.4 Å². The van der Waals surface area contributed by atoms with E-state index in [9.17, 15) is 9.90 Å². The van der Waals surface area contributed by atoms with E-state index in [4.69, 9.17) is 9.47 Å². The van der Waals surface area contributed by atoms with E-state index in [1.165, 1.54) is 0 Å². The Morgan fingerprint density at radius 3 is 2.52 bits per heavy atom. The van der Waals surface area contributed by atoms with Crippen LogP contribution < -0.4 is 20.3 Å². The fourth-order valence-electron chi connectivity index (χ4n) is 2.22. The van der Waals surface area contributed by atoms with Crippen molar-refractivity contribution in [3.05, 3.63) is 59.7 Å². The maximum atomic E-state index is 10.7. The van der Waals surface area contributed by atoms with Crippen LogP contribution in [0, 0.1) is 0 Å². The highest BCUT2D eigenvalue weighted by molar-refractivity contribution is 5.65. The molecule has 0 bridgehead atoms. The van der Waals surface area contributed by atoms with E-state index in [1.54, 1.807) is 12.1 Å². The zero-order chi connectivity index (χ0) is 16.7. The smallest absolute Gasteiger partial charge is 0.161 e. The molecule has 2 aromatic rings. The number of hydrogen-bond donors (Lipinski definition) is 1. The summed E-state index contributed by atoms with van der Waals surface area (Å²) in [6, 6.07) is 14.8. The Bertz CT molecular complexity index is 643. The molecule has 0 aromatic heterocycles. The molecule has 0 saturated heterocycles. The van der Waals surface area contributed by atoms with Crippen LogP contribution in [0.4, 0.5) is 0 Å². The molecule has 0 unspecified atom stereocenters. The molecule has 2 rings (SSSR count). The minimum atomic E-state index is -1.12. The van der Waals surface area contributed by atoms with Crippen LogP contribution in [0.15, 0.2) is 48.5 Å². The second-order valence-corrected chi connectivity index (χ2v) is 5.19. The van der Waals surface area contributed by atoms with Crippen molar-refractivity contribution in [2.45, 2.75) is 26.0 Å². The third kappa shape index (κ3) is 5.00. The number of carboxylic acid groups (broad SMARTS) is 1. The summed E-state index contributed by atoms with van der Waals surface area (Å²) in [5.41, 5.74) is 5.70. The van der Waals surface area contributed by atoms with Gasteiger partial charge in [-0.25, -0.2) is 0 Å². The number of carbonyl (C=O) groups is 1. The molecule has 0 saturated carbocycles. The van der Waals surface area contributed by atoms with Crippen molar-refractivity contribution >= 4 is 5.97 Å². The van der Waals surface area contributed by atoms with E-state index in [1.807, 2.05) is 43.3 Å². The van der Waals surface area contributed by atoms with E-state index >= 15 is 0 Å². The van der Waals surface area contributed by atoms with Crippen LogP contribution in [-0.4, -0.2) is 12.6 Å². The second-order valence-electron chi connectivity index (χ2n) is 5.19. The van der Waals surface area contributed by atoms with E-state index in [0.29, 0.717) is 24.7 Å². The van der Waals surface area contributed by atoms with E-state index < -0.39 is 5.97 Å². The van der Waals surface area contributed by atoms with Gasteiger partial charge in [0.2, 0.25) is 0 Å². The zero-order valence-corrected chi connectivity index (χ0v) is 13.2. The van der Waals surface area contributed by atoms with Gasteiger partial charge in [0.25, 0.3) is 0 Å². The molecule has 0 fully saturated rings. The number of ether oxygens (including phenoxy) is 2. The molecule has 0 aliphatic heterocycles. The van der Waals surface area contributed by atoms with Gasteiger partial charge in [-0.2, -0.15) is 0 Å². The SMILES string of the molecule is CCOc1cc([C@H]([NH3+])CC(=O)[O-])ccc1OCc1ccccc1. The summed E-state index contributed by atoms with van der Waals surface area (Å²) < 4.78 is 11.4. The number of rotatable bonds is 8. The lowest BCUT2D eigenvalue weighted by Crippen LogP contribution is -2.55. The van der Waals surface area contributed by atoms with E-state index in [2.05, 4.69) is 5.73 Å². The van der Waals surface area contributed by atoms with Gasteiger partial charge < -0.3 is 25.1 Å². The first-order chi connectivity index (χ1) is 11.1. The van der Waals surface area contributed by atoms with Crippen molar-refractivity contribution in [2.75, 3.05) is 6.61 Å². The Hall–Kier alpha value is -2.53. The molecule has 3 N–H and O–H groups in total. The Morgan fingerprint density at radius 1 is 1.13 bits per heavy atom. The largest absolute Gasteiger partial charge is 0.550 e. The van der Waals surface area contributed by atoms with Crippen LogP contribution in [0.3, 0.4) is 0 Å². The highest BCUT2D eigenvalue weighted by Gasteiger charge is 2.14. The topological polar surface area (TPSA) is 86.2 Å². The average Bonchev–Trinajstić information content (AvgIpc) is 2.54. The summed E-state index contributed by atoms with van der Waals surface area (Å²) in [6.45, 7) is 2.82. The Kier molecular flexibility index (Phi) is 6.00. The average molecular weight is 315 g/mol. The Labute approximate surface area is 135 Å². The van der Waals surface area contributed by atoms with Gasteiger partial charge in [0.15, 0.2) is 11.5 Å². The fourth-order valence-corrected chi connectivity index (χ4v) is 2.22. The normalized spacial score (nSPS) is 11.7. The summed E-state index contributed by atoms with van der Waals surface area (Å²) in [4.78, 5) is 10.7. The van der Waals surface area contributed by atoms with Gasteiger partial charge in [-0.15, -0.1) is 0 Å². The van der Waals surface area contributed by atoms with Crippen LogP contribution >= 0.6 is 0 Å². The van der Waals surface area contributed by atoms with Crippen molar-refractivity contribution in [3.63, 3.8) is 0 Å². The summed E-state index contributed by atoms with van der Waals surface area (Å²) in [5.74, 6) is 0.0976. The van der Waals surface area contributed by atoms with Gasteiger partial charge in [-0.3, -0.25) is 0 Å². The molecule has 0 radical (unpaired) electrons. The summed E-state index contributed by atoms with van der Waals surface area (Å²) in [7, 11) is 0. The lowest BCUT2D eigenvalue weighted by molar-refractivity contribution is -0.430. The van der Waals surface area contributed by atoms with E-state index in [-0.39, 0.29) is 12.5 Å². The van der Waals surface area contributed by atoms with Crippen LogP contribution in [0.5, 0.6) is 11.5 Å². The number of carboxylic acids is 1. The lowest BCUT2D eigenvalue weighted by atomic mass is 10.0. The fraction of sp³-hybridized carbons (Fsp3) is 0.278. The first kappa shape index (κ1) is 16.8. The van der Waals surface area contributed by atoms with Crippen LogP contribution in [0.25, 0.3) is 0 Å². The number of hydrogen-bond acceptors (Lipinski definition) is 4. The van der Waals surface area contributed by atoms with Crippen molar-refractivity contribution in [1.29, 1.82) is 0 Å². The molecule has 0 heterocycles. The molecule has 0 aliphatic carbocycles. The van der Waals surface area contributed by atoms with Crippen LogP contribution in [0.2, 0.25) is 0 Å². The predicted molar refractivity (Wildman–Crippen MR) is 83.6 cm³/mol. The minimum absolute atomic E-state index is 0.129. The minimum Gasteiger partial charge on any atom is -0.550 e. The van der Waals surface area contributed by atoms with Gasteiger partial charge in [0, 0.05) is 18.0 Å². The third-order valence-electron chi connectivity index (χ3n) is 3.39. The molecule has 5 nitrogen and oxygen atoms in total. The van der Waals surface area contributed by atoms with Crippen molar-refractivity contribution in [1.82, 2.24) is 0 Å². The standard InChI is InChI=1S/C18H21NO4/c1-2-22-17-10-14(15(19)11-18(20)21)8-9-16(17)23-12-13-6-4-3-5-7-13/h3-10,15H,2,11-12,19H2,1H3,(H,20,21)/t15-/m1/s1. The molecule has 0 spiro atoms. The quantitative estimate of drug-likeness (QED) is 0.790. The zero-order valence-electron chi connectivity index (χ0n) is 13.2. The monoisotopic (exact) mass is 315 g/mol. The lowest BCUT2D eigenvalue weighted by Gasteiger charge is -2.15. The van der Waals surface area contributed by atoms with Crippen LogP contribution in [0.1, 0.15) is 30.5 Å². The number of benzene rings is 2. The van der Waals surface area contributed by atoms with Gasteiger partial charge in [0.05, 0.1) is 6.61 Å². The molecule has 23 heavy (non-hydrogen) atoms. The molecule has 1 atom stereocenters. The van der Waals surface area contributed by atoms with Gasteiger partial charge in [0.1, 0.15) is 12.6 Å². The maximum Gasteiger partial charge on any atom is 0.161 e. The molecular formula is C18H21NO4. The van der Waals surface area contributed by atoms with Crippen molar-refractivity contribution < 1.29 is 25.1 Å². The summed E-state index contributed by atoms with van der Waals surface area (Å²) in [6.07, 6.45) is -0.129. The first-order valence-corrected chi connectivity index (χ1v) is 7.56. The summed E-state index contributed by atoms with van der Waals surface area (Å²) >= 11 is 0.